The van der Waals surface area contributed by atoms with Gasteiger partial charge in [-0.15, -0.1) is 0 Å². The van der Waals surface area contributed by atoms with E-state index >= 15 is 0 Å². The van der Waals surface area contributed by atoms with Crippen molar-refractivity contribution in [3.05, 3.63) is 64.2 Å². The normalized spacial score (nSPS) is 10.6. The third-order valence-corrected chi connectivity index (χ3v) is 4.19. The monoisotopic (exact) mass is 359 g/mol. The number of carbonyl (C=O) groups is 2. The van der Waals surface area contributed by atoms with Crippen molar-refractivity contribution in [2.75, 3.05) is 6.54 Å². The van der Waals surface area contributed by atoms with Crippen molar-refractivity contribution in [3.8, 4) is 5.75 Å². The molecule has 0 saturated heterocycles. The molecule has 0 aliphatic carbocycles. The van der Waals surface area contributed by atoms with Crippen LogP contribution in [-0.2, 0) is 4.79 Å². The van der Waals surface area contributed by atoms with Crippen LogP contribution in [0.15, 0.2) is 42.5 Å². The van der Waals surface area contributed by atoms with Crippen molar-refractivity contribution < 1.29 is 14.3 Å². The maximum Gasteiger partial charge on any atom is 0.312 e. The number of ether oxygens (including phenoxy) is 1. The highest BCUT2D eigenvalue weighted by atomic mass is 35.5. The molecule has 0 radical (unpaired) electrons. The van der Waals surface area contributed by atoms with Crippen LogP contribution < -0.4 is 10.1 Å². The molecule has 0 aliphatic rings. The number of esters is 1. The number of halogens is 1. The third kappa shape index (κ3) is 5.33. The second-order valence-electron chi connectivity index (χ2n) is 6.14. The summed E-state index contributed by atoms with van der Waals surface area (Å²) in [7, 11) is 0. The second-order valence-corrected chi connectivity index (χ2v) is 6.55. The van der Waals surface area contributed by atoms with Gasteiger partial charge in [0.15, 0.2) is 0 Å². The Labute approximate surface area is 153 Å². The number of aryl methyl sites for hydroxylation is 1. The largest absolute Gasteiger partial charge is 0.426 e. The molecule has 1 N–H and O–H groups in total. The molecule has 0 fully saturated rings. The molecule has 1 amide bonds. The van der Waals surface area contributed by atoms with Gasteiger partial charge < -0.3 is 10.1 Å². The number of hydrogen-bond donors (Lipinski definition) is 1. The molecule has 0 saturated carbocycles. The van der Waals surface area contributed by atoms with E-state index in [9.17, 15) is 9.59 Å². The first-order valence-corrected chi connectivity index (χ1v) is 8.60. The smallest absolute Gasteiger partial charge is 0.312 e. The molecule has 2 rings (SSSR count). The highest BCUT2D eigenvalue weighted by Gasteiger charge is 2.15. The van der Waals surface area contributed by atoms with Crippen molar-refractivity contribution in [2.24, 2.45) is 0 Å². The van der Waals surface area contributed by atoms with E-state index < -0.39 is 5.97 Å². The molecular formula is C20H22ClNO3. The van der Waals surface area contributed by atoms with Crippen molar-refractivity contribution >= 4 is 23.5 Å². The maximum absolute atomic E-state index is 12.1. The Morgan fingerprint density at radius 3 is 2.48 bits per heavy atom. The fourth-order valence-electron chi connectivity index (χ4n) is 2.35. The highest BCUT2D eigenvalue weighted by molar-refractivity contribution is 6.31. The van der Waals surface area contributed by atoms with Crippen LogP contribution in [0.4, 0.5) is 0 Å². The number of hydrogen-bond acceptors (Lipinski definition) is 3. The second kappa shape index (κ2) is 8.67. The summed E-state index contributed by atoms with van der Waals surface area (Å²) in [6.45, 7) is 6.11. The van der Waals surface area contributed by atoms with E-state index in [4.69, 9.17) is 16.3 Å². The predicted octanol–water partition coefficient (Wildman–Crippen LogP) is 4.50. The summed E-state index contributed by atoms with van der Waals surface area (Å²) >= 11 is 6.16. The quantitative estimate of drug-likeness (QED) is 0.610. The van der Waals surface area contributed by atoms with Gasteiger partial charge in [-0.25, -0.2) is 0 Å². The van der Waals surface area contributed by atoms with Gasteiger partial charge in [0.1, 0.15) is 5.75 Å². The summed E-state index contributed by atoms with van der Waals surface area (Å²) in [4.78, 5) is 24.0. The molecule has 2 aromatic rings. The summed E-state index contributed by atoms with van der Waals surface area (Å²) < 4.78 is 5.48. The minimum Gasteiger partial charge on any atom is -0.426 e. The molecule has 0 unspecified atom stereocenters. The van der Waals surface area contributed by atoms with Gasteiger partial charge in [0.05, 0.1) is 6.42 Å². The molecule has 5 heteroatoms. The molecule has 4 nitrogen and oxygen atoms in total. The lowest BCUT2D eigenvalue weighted by Gasteiger charge is -2.15. The van der Waals surface area contributed by atoms with Gasteiger partial charge in [-0.3, -0.25) is 9.59 Å². The number of carbonyl (C=O) groups excluding carboxylic acids is 2. The Bertz CT molecular complexity index is 757. The van der Waals surface area contributed by atoms with E-state index in [1.54, 1.807) is 30.3 Å². The average molecular weight is 360 g/mol. The van der Waals surface area contributed by atoms with Crippen LogP contribution in [0.1, 0.15) is 47.7 Å². The molecule has 0 aromatic heterocycles. The third-order valence-electron chi connectivity index (χ3n) is 3.79. The zero-order valence-electron chi connectivity index (χ0n) is 14.6. The fourth-order valence-corrected chi connectivity index (χ4v) is 2.53. The topological polar surface area (TPSA) is 55.4 Å². The minimum atomic E-state index is -0.392. The maximum atomic E-state index is 12.1. The lowest BCUT2D eigenvalue weighted by atomic mass is 10.0. The highest BCUT2D eigenvalue weighted by Crippen LogP contribution is 2.32. The standard InChI is InChI=1S/C20H22ClNO3/c1-13(2)16-12-17(21)14(3)11-18(16)25-19(23)9-10-22-20(24)15-7-5-4-6-8-15/h4-8,11-13H,9-10H2,1-3H3,(H,22,24). The Balaban J connectivity index is 1.92. The molecule has 25 heavy (non-hydrogen) atoms. The molecule has 0 heterocycles. The van der Waals surface area contributed by atoms with Crippen molar-refractivity contribution in [1.29, 1.82) is 0 Å². The Hall–Kier alpha value is -2.33. The van der Waals surface area contributed by atoms with Crippen LogP contribution in [0, 0.1) is 6.92 Å². The van der Waals surface area contributed by atoms with Crippen LogP contribution in [0.2, 0.25) is 5.02 Å². The lowest BCUT2D eigenvalue weighted by Crippen LogP contribution is -2.27. The first-order valence-electron chi connectivity index (χ1n) is 8.22. The van der Waals surface area contributed by atoms with Crippen molar-refractivity contribution in [3.63, 3.8) is 0 Å². The van der Waals surface area contributed by atoms with E-state index in [0.717, 1.165) is 11.1 Å². The van der Waals surface area contributed by atoms with Gasteiger partial charge in [0.2, 0.25) is 0 Å². The summed E-state index contributed by atoms with van der Waals surface area (Å²) in [5.74, 6) is 0.102. The summed E-state index contributed by atoms with van der Waals surface area (Å²) in [5, 5.41) is 3.36. The molecule has 0 spiro atoms. The number of rotatable bonds is 6. The molecule has 0 aliphatic heterocycles. The van der Waals surface area contributed by atoms with E-state index in [-0.39, 0.29) is 24.8 Å². The van der Waals surface area contributed by atoms with E-state index in [0.29, 0.717) is 16.3 Å². The van der Waals surface area contributed by atoms with Gasteiger partial charge in [0, 0.05) is 17.1 Å². The molecule has 0 atom stereocenters. The van der Waals surface area contributed by atoms with Crippen LogP contribution in [0.5, 0.6) is 5.75 Å². The van der Waals surface area contributed by atoms with Crippen molar-refractivity contribution in [1.82, 2.24) is 5.32 Å². The summed E-state index contributed by atoms with van der Waals surface area (Å²) in [6, 6.07) is 12.5. The van der Waals surface area contributed by atoms with Crippen LogP contribution in [0.3, 0.4) is 0 Å². The number of benzene rings is 2. The van der Waals surface area contributed by atoms with Crippen molar-refractivity contribution in [2.45, 2.75) is 33.1 Å². The Morgan fingerprint density at radius 2 is 1.84 bits per heavy atom. The number of nitrogens with one attached hydrogen (secondary N) is 1. The molecule has 2 aromatic carbocycles. The van der Waals surface area contributed by atoms with Gasteiger partial charge in [-0.05, 0) is 48.2 Å². The van der Waals surface area contributed by atoms with Crippen LogP contribution in [-0.4, -0.2) is 18.4 Å². The number of amides is 1. The summed E-state index contributed by atoms with van der Waals surface area (Å²) in [6.07, 6.45) is 0.0950. The van der Waals surface area contributed by atoms with Gasteiger partial charge in [-0.2, -0.15) is 0 Å². The van der Waals surface area contributed by atoms with E-state index in [2.05, 4.69) is 5.32 Å². The van der Waals surface area contributed by atoms with E-state index in [1.165, 1.54) is 0 Å². The molecular weight excluding hydrogens is 338 g/mol. The lowest BCUT2D eigenvalue weighted by molar-refractivity contribution is -0.134. The van der Waals surface area contributed by atoms with Gasteiger partial charge in [0.25, 0.3) is 5.91 Å². The van der Waals surface area contributed by atoms with Gasteiger partial charge >= 0.3 is 5.97 Å². The minimum absolute atomic E-state index is 0.0950. The van der Waals surface area contributed by atoms with Gasteiger partial charge in [-0.1, -0.05) is 43.6 Å². The average Bonchev–Trinajstić information content (AvgIpc) is 2.58. The predicted molar refractivity (Wildman–Crippen MR) is 99.3 cm³/mol. The van der Waals surface area contributed by atoms with E-state index in [1.807, 2.05) is 32.9 Å². The van der Waals surface area contributed by atoms with Crippen LogP contribution >= 0.6 is 11.6 Å². The first-order chi connectivity index (χ1) is 11.9. The zero-order chi connectivity index (χ0) is 18.4. The zero-order valence-corrected chi connectivity index (χ0v) is 15.4. The molecule has 0 bridgehead atoms. The Kier molecular flexibility index (Phi) is 6.59. The van der Waals surface area contributed by atoms with Crippen LogP contribution in [0.25, 0.3) is 0 Å². The first kappa shape index (κ1) is 19.0. The molecule has 132 valence electrons. The Morgan fingerprint density at radius 1 is 1.16 bits per heavy atom. The fraction of sp³-hybridized carbons (Fsp3) is 0.300. The SMILES string of the molecule is Cc1cc(OC(=O)CCNC(=O)c2ccccc2)c(C(C)C)cc1Cl. The summed E-state index contributed by atoms with van der Waals surface area (Å²) in [5.41, 5.74) is 2.30.